The molecule has 0 saturated carbocycles. The van der Waals surface area contributed by atoms with Crippen LogP contribution in [0.2, 0.25) is 0 Å². The highest BCUT2D eigenvalue weighted by Gasteiger charge is 2.10. The molecule has 4 nitrogen and oxygen atoms in total. The van der Waals surface area contributed by atoms with Crippen LogP contribution in [0, 0.1) is 5.82 Å². The zero-order valence-electron chi connectivity index (χ0n) is 10.1. The molecule has 1 N–H and O–H groups in total. The van der Waals surface area contributed by atoms with Gasteiger partial charge < -0.3 is 9.84 Å². The molecule has 0 saturated heterocycles. The fraction of sp³-hybridized carbons (Fsp3) is 0.0769. The standard InChI is InChI=1S/C13H9BrFN3OS/c14-8-3-4-10(9(15)6-8)16-7-12-17-13(18-19-12)11-2-1-5-20-11/h1-6,16H,7H2. The van der Waals surface area contributed by atoms with Crippen LogP contribution in [0.4, 0.5) is 10.1 Å². The minimum atomic E-state index is -0.336. The van der Waals surface area contributed by atoms with Crippen molar-refractivity contribution in [2.75, 3.05) is 5.32 Å². The van der Waals surface area contributed by atoms with Gasteiger partial charge in [0, 0.05) is 4.47 Å². The van der Waals surface area contributed by atoms with Crippen LogP contribution in [0.15, 0.2) is 44.7 Å². The Kier molecular flexibility index (Phi) is 3.79. The van der Waals surface area contributed by atoms with Crippen molar-refractivity contribution in [1.29, 1.82) is 0 Å². The van der Waals surface area contributed by atoms with Crippen LogP contribution in [0.3, 0.4) is 0 Å². The first-order chi connectivity index (χ1) is 9.72. The Labute approximate surface area is 126 Å². The van der Waals surface area contributed by atoms with Crippen LogP contribution in [-0.4, -0.2) is 10.1 Å². The van der Waals surface area contributed by atoms with Gasteiger partial charge in [-0.05, 0) is 29.6 Å². The summed E-state index contributed by atoms with van der Waals surface area (Å²) < 4.78 is 19.4. The zero-order chi connectivity index (χ0) is 13.9. The second kappa shape index (κ2) is 5.72. The van der Waals surface area contributed by atoms with Crippen LogP contribution in [0.25, 0.3) is 10.7 Å². The molecule has 20 heavy (non-hydrogen) atoms. The maximum absolute atomic E-state index is 13.6. The van der Waals surface area contributed by atoms with E-state index in [9.17, 15) is 4.39 Å². The third-order valence-corrected chi connectivity index (χ3v) is 3.93. The molecule has 2 heterocycles. The number of hydrogen-bond acceptors (Lipinski definition) is 5. The predicted molar refractivity (Wildman–Crippen MR) is 79.0 cm³/mol. The molecule has 0 atom stereocenters. The number of hydrogen-bond donors (Lipinski definition) is 1. The molecular formula is C13H9BrFN3OS. The molecule has 0 unspecified atom stereocenters. The molecule has 0 bridgehead atoms. The Hall–Kier alpha value is -1.73. The molecule has 0 aliphatic rings. The van der Waals surface area contributed by atoms with E-state index in [1.807, 2.05) is 17.5 Å². The van der Waals surface area contributed by atoms with Gasteiger partial charge in [0.05, 0.1) is 17.1 Å². The zero-order valence-corrected chi connectivity index (χ0v) is 12.5. The lowest BCUT2D eigenvalue weighted by Crippen LogP contribution is -2.01. The molecule has 2 aromatic heterocycles. The summed E-state index contributed by atoms with van der Waals surface area (Å²) in [6, 6.07) is 8.64. The molecule has 102 valence electrons. The summed E-state index contributed by atoms with van der Waals surface area (Å²) >= 11 is 4.75. The number of benzene rings is 1. The predicted octanol–water partition coefficient (Wildman–Crippen LogP) is 4.31. The first-order valence-corrected chi connectivity index (χ1v) is 7.45. The van der Waals surface area contributed by atoms with Gasteiger partial charge in [-0.2, -0.15) is 4.98 Å². The number of rotatable bonds is 4. The topological polar surface area (TPSA) is 51.0 Å². The van der Waals surface area contributed by atoms with Crippen molar-refractivity contribution in [1.82, 2.24) is 10.1 Å². The largest absolute Gasteiger partial charge is 0.374 e. The number of thiophene rings is 1. The smallest absolute Gasteiger partial charge is 0.246 e. The first kappa shape index (κ1) is 13.3. The number of anilines is 1. The normalized spacial score (nSPS) is 10.7. The van der Waals surface area contributed by atoms with Gasteiger partial charge in [-0.15, -0.1) is 11.3 Å². The molecule has 7 heteroatoms. The van der Waals surface area contributed by atoms with E-state index in [1.165, 1.54) is 17.4 Å². The minimum absolute atomic E-state index is 0.275. The average molecular weight is 354 g/mol. The monoisotopic (exact) mass is 353 g/mol. The van der Waals surface area contributed by atoms with Gasteiger partial charge in [0.15, 0.2) is 0 Å². The minimum Gasteiger partial charge on any atom is -0.374 e. The summed E-state index contributed by atoms with van der Waals surface area (Å²) in [5, 5.41) is 8.76. The SMILES string of the molecule is Fc1cc(Br)ccc1NCc1nc(-c2cccs2)no1. The molecule has 0 aliphatic heterocycles. The fourth-order valence-electron chi connectivity index (χ4n) is 1.64. The van der Waals surface area contributed by atoms with Crippen molar-refractivity contribution in [3.8, 4) is 10.7 Å². The van der Waals surface area contributed by atoms with Crippen LogP contribution in [0.5, 0.6) is 0 Å². The average Bonchev–Trinajstić information content (AvgIpc) is 3.08. The number of nitrogens with one attached hydrogen (secondary N) is 1. The first-order valence-electron chi connectivity index (χ1n) is 5.78. The summed E-state index contributed by atoms with van der Waals surface area (Å²) in [5.74, 6) is 0.626. The van der Waals surface area contributed by atoms with Gasteiger partial charge in [-0.1, -0.05) is 27.2 Å². The van der Waals surface area contributed by atoms with Crippen molar-refractivity contribution in [2.24, 2.45) is 0 Å². The highest BCUT2D eigenvalue weighted by atomic mass is 79.9. The van der Waals surface area contributed by atoms with Gasteiger partial charge >= 0.3 is 0 Å². The highest BCUT2D eigenvalue weighted by Crippen LogP contribution is 2.22. The molecular weight excluding hydrogens is 345 g/mol. The summed E-state index contributed by atoms with van der Waals surface area (Å²) in [6.45, 7) is 0.275. The highest BCUT2D eigenvalue weighted by molar-refractivity contribution is 9.10. The summed E-state index contributed by atoms with van der Waals surface area (Å²) in [7, 11) is 0. The van der Waals surface area contributed by atoms with Gasteiger partial charge in [-0.25, -0.2) is 4.39 Å². The summed E-state index contributed by atoms with van der Waals surface area (Å²) in [5.41, 5.74) is 0.393. The Morgan fingerprint density at radius 3 is 3.00 bits per heavy atom. The molecule has 1 aromatic carbocycles. The molecule has 0 aliphatic carbocycles. The third-order valence-electron chi connectivity index (χ3n) is 2.57. The number of aromatic nitrogens is 2. The van der Waals surface area contributed by atoms with E-state index in [0.717, 1.165) is 4.88 Å². The van der Waals surface area contributed by atoms with E-state index in [1.54, 1.807) is 12.1 Å². The number of halogens is 2. The number of nitrogens with zero attached hydrogens (tertiary/aromatic N) is 2. The Bertz CT molecular complexity index is 714. The molecule has 3 aromatic rings. The molecule has 0 spiro atoms. The van der Waals surface area contributed by atoms with E-state index >= 15 is 0 Å². The van der Waals surface area contributed by atoms with Crippen molar-refractivity contribution in [3.63, 3.8) is 0 Å². The Morgan fingerprint density at radius 2 is 2.25 bits per heavy atom. The molecule has 0 fully saturated rings. The molecule has 3 rings (SSSR count). The van der Waals surface area contributed by atoms with E-state index < -0.39 is 0 Å². The van der Waals surface area contributed by atoms with Gasteiger partial charge in [0.25, 0.3) is 0 Å². The van der Waals surface area contributed by atoms with Crippen LogP contribution in [0.1, 0.15) is 5.89 Å². The van der Waals surface area contributed by atoms with Gasteiger partial charge in [0.1, 0.15) is 5.82 Å². The van der Waals surface area contributed by atoms with E-state index in [-0.39, 0.29) is 12.4 Å². The van der Waals surface area contributed by atoms with Crippen LogP contribution >= 0.6 is 27.3 Å². The molecule has 0 amide bonds. The van der Waals surface area contributed by atoms with E-state index in [0.29, 0.717) is 21.9 Å². The van der Waals surface area contributed by atoms with Crippen molar-refractivity contribution in [3.05, 3.63) is 51.9 Å². The van der Waals surface area contributed by atoms with Crippen molar-refractivity contribution in [2.45, 2.75) is 6.54 Å². The lowest BCUT2D eigenvalue weighted by atomic mass is 10.3. The van der Waals surface area contributed by atoms with Crippen molar-refractivity contribution >= 4 is 33.0 Å². The molecule has 0 radical (unpaired) electrons. The maximum atomic E-state index is 13.6. The van der Waals surface area contributed by atoms with Crippen molar-refractivity contribution < 1.29 is 8.91 Å². The van der Waals surface area contributed by atoms with E-state index in [2.05, 4.69) is 31.4 Å². The summed E-state index contributed by atoms with van der Waals surface area (Å²) in [6.07, 6.45) is 0. The van der Waals surface area contributed by atoms with Crippen LogP contribution in [-0.2, 0) is 6.54 Å². The Morgan fingerprint density at radius 1 is 1.35 bits per heavy atom. The lowest BCUT2D eigenvalue weighted by Gasteiger charge is -2.04. The Balaban J connectivity index is 1.70. The van der Waals surface area contributed by atoms with Gasteiger partial charge in [-0.3, -0.25) is 0 Å². The van der Waals surface area contributed by atoms with Gasteiger partial charge in [0.2, 0.25) is 11.7 Å². The second-order valence-electron chi connectivity index (χ2n) is 3.97. The van der Waals surface area contributed by atoms with E-state index in [4.69, 9.17) is 4.52 Å². The second-order valence-corrected chi connectivity index (χ2v) is 5.83. The third kappa shape index (κ3) is 2.88. The summed E-state index contributed by atoms with van der Waals surface area (Å²) in [4.78, 5) is 5.19. The quantitative estimate of drug-likeness (QED) is 0.759. The maximum Gasteiger partial charge on any atom is 0.246 e. The van der Waals surface area contributed by atoms with Crippen LogP contribution < -0.4 is 5.32 Å². The fourth-order valence-corrected chi connectivity index (χ4v) is 2.62. The lowest BCUT2D eigenvalue weighted by molar-refractivity contribution is 0.384.